The molecule has 0 bridgehead atoms. The first kappa shape index (κ1) is 17.5. The minimum absolute atomic E-state index is 0.0759. The number of hydrogen-bond donors (Lipinski definition) is 1. The Morgan fingerprint density at radius 1 is 1.09 bits per heavy atom. The third-order valence-electron chi connectivity index (χ3n) is 4.36. The summed E-state index contributed by atoms with van der Waals surface area (Å²) in [6.45, 7) is 2.71. The molecule has 0 aromatic heterocycles. The van der Waals surface area contributed by atoms with Gasteiger partial charge in [-0.2, -0.15) is 0 Å². The largest absolute Gasteiger partial charge is 0.497 e. The van der Waals surface area contributed by atoms with Gasteiger partial charge in [0.15, 0.2) is 0 Å². The number of benzene rings is 2. The van der Waals surface area contributed by atoms with E-state index in [1.165, 1.54) is 5.56 Å². The van der Waals surface area contributed by atoms with Crippen LogP contribution < -0.4 is 4.74 Å². The Morgan fingerprint density at radius 2 is 1.78 bits per heavy atom. The SMILES string of the molecule is COc1cccc([C@@](C)(O)[C@@H](Cc2ccccc2)CN(C)C)c1. The first-order valence-corrected chi connectivity index (χ1v) is 7.99. The number of methoxy groups -OCH3 is 1. The van der Waals surface area contributed by atoms with Crippen molar-refractivity contribution >= 4 is 0 Å². The summed E-state index contributed by atoms with van der Waals surface area (Å²) in [4.78, 5) is 2.13. The van der Waals surface area contributed by atoms with Crippen LogP contribution in [0.1, 0.15) is 18.1 Å². The molecule has 0 aliphatic carbocycles. The number of nitrogens with zero attached hydrogens (tertiary/aromatic N) is 1. The topological polar surface area (TPSA) is 32.7 Å². The Labute approximate surface area is 139 Å². The van der Waals surface area contributed by atoms with E-state index in [9.17, 15) is 5.11 Å². The number of aliphatic hydroxyl groups is 1. The van der Waals surface area contributed by atoms with Gasteiger partial charge in [0.05, 0.1) is 12.7 Å². The quantitative estimate of drug-likeness (QED) is 0.851. The molecule has 0 unspecified atom stereocenters. The lowest BCUT2D eigenvalue weighted by Gasteiger charge is -2.35. The van der Waals surface area contributed by atoms with E-state index in [-0.39, 0.29) is 5.92 Å². The van der Waals surface area contributed by atoms with Gasteiger partial charge in [-0.3, -0.25) is 0 Å². The summed E-state index contributed by atoms with van der Waals surface area (Å²) in [6, 6.07) is 18.1. The fourth-order valence-electron chi connectivity index (χ4n) is 2.95. The predicted molar refractivity (Wildman–Crippen MR) is 94.8 cm³/mol. The molecule has 2 aromatic rings. The number of rotatable bonds is 7. The standard InChI is InChI=1S/C20H27NO2/c1-20(22,17-11-8-12-19(14-17)23-4)18(15-21(2)3)13-16-9-6-5-7-10-16/h5-12,14,18,22H,13,15H2,1-4H3/t18-,20+/m0/s1. The molecule has 23 heavy (non-hydrogen) atoms. The van der Waals surface area contributed by atoms with Crippen molar-refractivity contribution < 1.29 is 9.84 Å². The van der Waals surface area contributed by atoms with Gasteiger partial charge in [0.1, 0.15) is 5.75 Å². The Kier molecular flexibility index (Phi) is 5.80. The van der Waals surface area contributed by atoms with Gasteiger partial charge in [-0.05, 0) is 50.7 Å². The molecule has 1 N–H and O–H groups in total. The molecule has 2 atom stereocenters. The fourth-order valence-corrected chi connectivity index (χ4v) is 2.95. The highest BCUT2D eigenvalue weighted by Crippen LogP contribution is 2.34. The molecule has 3 nitrogen and oxygen atoms in total. The summed E-state index contributed by atoms with van der Waals surface area (Å²) in [7, 11) is 5.73. The molecule has 0 fully saturated rings. The van der Waals surface area contributed by atoms with E-state index >= 15 is 0 Å². The lowest BCUT2D eigenvalue weighted by Crippen LogP contribution is -2.39. The molecule has 0 aliphatic rings. The van der Waals surface area contributed by atoms with E-state index in [4.69, 9.17) is 4.74 Å². The van der Waals surface area contributed by atoms with Crippen LogP contribution in [0.4, 0.5) is 0 Å². The lowest BCUT2D eigenvalue weighted by atomic mass is 9.79. The van der Waals surface area contributed by atoms with Crippen molar-refractivity contribution in [1.82, 2.24) is 4.90 Å². The summed E-state index contributed by atoms with van der Waals surface area (Å²) >= 11 is 0. The zero-order valence-corrected chi connectivity index (χ0v) is 14.5. The molecule has 124 valence electrons. The van der Waals surface area contributed by atoms with Crippen LogP contribution in [0, 0.1) is 5.92 Å². The molecule has 0 aliphatic heterocycles. The van der Waals surface area contributed by atoms with E-state index < -0.39 is 5.60 Å². The maximum absolute atomic E-state index is 11.3. The van der Waals surface area contributed by atoms with Crippen molar-refractivity contribution in [3.05, 3.63) is 65.7 Å². The molecule has 3 heteroatoms. The van der Waals surface area contributed by atoms with Gasteiger partial charge in [-0.25, -0.2) is 0 Å². The molecule has 2 rings (SSSR count). The maximum Gasteiger partial charge on any atom is 0.119 e. The maximum atomic E-state index is 11.3. The van der Waals surface area contributed by atoms with Crippen molar-refractivity contribution in [1.29, 1.82) is 0 Å². The van der Waals surface area contributed by atoms with E-state index in [2.05, 4.69) is 17.0 Å². The highest BCUT2D eigenvalue weighted by atomic mass is 16.5. The van der Waals surface area contributed by atoms with E-state index in [0.717, 1.165) is 24.3 Å². The van der Waals surface area contributed by atoms with Gasteiger partial charge < -0.3 is 14.7 Å². The van der Waals surface area contributed by atoms with Crippen LogP contribution >= 0.6 is 0 Å². The normalized spacial score (nSPS) is 15.2. The van der Waals surface area contributed by atoms with Gasteiger partial charge in [0.2, 0.25) is 0 Å². The summed E-state index contributed by atoms with van der Waals surface area (Å²) in [5.74, 6) is 0.845. The Balaban J connectivity index is 2.31. The van der Waals surface area contributed by atoms with Crippen LogP contribution in [0.15, 0.2) is 54.6 Å². The van der Waals surface area contributed by atoms with Gasteiger partial charge in [-0.15, -0.1) is 0 Å². The van der Waals surface area contributed by atoms with Crippen LogP contribution in [0.25, 0.3) is 0 Å². The van der Waals surface area contributed by atoms with Crippen LogP contribution in [0.3, 0.4) is 0 Å². The van der Waals surface area contributed by atoms with Crippen molar-refractivity contribution in [3.63, 3.8) is 0 Å². The molecular formula is C20H27NO2. The van der Waals surface area contributed by atoms with E-state index in [1.54, 1.807) is 7.11 Å². The molecule has 0 amide bonds. The molecule has 0 spiro atoms. The number of ether oxygens (including phenoxy) is 1. The van der Waals surface area contributed by atoms with Gasteiger partial charge in [-0.1, -0.05) is 42.5 Å². The minimum atomic E-state index is -0.936. The molecule has 0 radical (unpaired) electrons. The Hall–Kier alpha value is -1.84. The molecule has 0 saturated heterocycles. The molecular weight excluding hydrogens is 286 g/mol. The Morgan fingerprint density at radius 3 is 2.39 bits per heavy atom. The zero-order valence-electron chi connectivity index (χ0n) is 14.5. The van der Waals surface area contributed by atoms with Crippen molar-refractivity contribution in [2.75, 3.05) is 27.7 Å². The van der Waals surface area contributed by atoms with Crippen LogP contribution in [-0.2, 0) is 12.0 Å². The summed E-state index contributed by atoms with van der Waals surface area (Å²) in [5, 5.41) is 11.3. The first-order valence-electron chi connectivity index (χ1n) is 7.99. The first-order chi connectivity index (χ1) is 10.9. The van der Waals surface area contributed by atoms with Crippen LogP contribution in [0.5, 0.6) is 5.75 Å². The Bertz CT molecular complexity index is 608. The third kappa shape index (κ3) is 4.57. The molecule has 0 heterocycles. The number of hydrogen-bond acceptors (Lipinski definition) is 3. The lowest BCUT2D eigenvalue weighted by molar-refractivity contribution is -0.0159. The second-order valence-corrected chi connectivity index (χ2v) is 6.53. The van der Waals surface area contributed by atoms with Crippen molar-refractivity contribution in [2.45, 2.75) is 18.9 Å². The van der Waals surface area contributed by atoms with Crippen molar-refractivity contribution in [3.8, 4) is 5.75 Å². The molecule has 0 saturated carbocycles. The average molecular weight is 313 g/mol. The fraction of sp³-hybridized carbons (Fsp3) is 0.400. The van der Waals surface area contributed by atoms with Crippen molar-refractivity contribution in [2.24, 2.45) is 5.92 Å². The third-order valence-corrected chi connectivity index (χ3v) is 4.36. The van der Waals surface area contributed by atoms with Gasteiger partial charge >= 0.3 is 0 Å². The summed E-state index contributed by atoms with van der Waals surface area (Å²) in [5.41, 5.74) is 1.19. The summed E-state index contributed by atoms with van der Waals surface area (Å²) in [6.07, 6.45) is 0.823. The smallest absolute Gasteiger partial charge is 0.119 e. The highest BCUT2D eigenvalue weighted by molar-refractivity contribution is 5.33. The predicted octanol–water partition coefficient (Wildman–Crippen LogP) is 3.32. The average Bonchev–Trinajstić information content (AvgIpc) is 2.55. The van der Waals surface area contributed by atoms with Crippen LogP contribution in [-0.4, -0.2) is 37.8 Å². The summed E-state index contributed by atoms with van der Waals surface area (Å²) < 4.78 is 5.31. The minimum Gasteiger partial charge on any atom is -0.497 e. The second-order valence-electron chi connectivity index (χ2n) is 6.53. The highest BCUT2D eigenvalue weighted by Gasteiger charge is 2.34. The molecule has 2 aromatic carbocycles. The van der Waals surface area contributed by atoms with E-state index in [1.807, 2.05) is 63.5 Å². The van der Waals surface area contributed by atoms with Gasteiger partial charge in [0.25, 0.3) is 0 Å². The second kappa shape index (κ2) is 7.62. The zero-order chi connectivity index (χ0) is 16.9. The monoisotopic (exact) mass is 313 g/mol. The van der Waals surface area contributed by atoms with Gasteiger partial charge in [0, 0.05) is 12.5 Å². The van der Waals surface area contributed by atoms with E-state index in [0.29, 0.717) is 0 Å². The van der Waals surface area contributed by atoms with Crippen LogP contribution in [0.2, 0.25) is 0 Å².